The molecular formula is C9H17NO7. The SMILES string of the molecule is COC(=O)CO[C@H]1O[C@H](CN)[C@@H](O)[C@H](O)[C@H]1O. The van der Waals surface area contributed by atoms with E-state index in [1.54, 1.807) is 0 Å². The van der Waals surface area contributed by atoms with Crippen LogP contribution in [0.5, 0.6) is 0 Å². The van der Waals surface area contributed by atoms with Crippen molar-refractivity contribution in [1.29, 1.82) is 0 Å². The fourth-order valence-corrected chi connectivity index (χ4v) is 1.46. The number of nitrogens with two attached hydrogens (primary N) is 1. The highest BCUT2D eigenvalue weighted by Crippen LogP contribution is 2.21. The van der Waals surface area contributed by atoms with Crippen LogP contribution in [0.4, 0.5) is 0 Å². The topological polar surface area (TPSA) is 131 Å². The lowest BCUT2D eigenvalue weighted by atomic mass is 9.99. The molecule has 1 saturated heterocycles. The molecule has 5 N–H and O–H groups in total. The van der Waals surface area contributed by atoms with E-state index >= 15 is 0 Å². The summed E-state index contributed by atoms with van der Waals surface area (Å²) in [6, 6.07) is 0. The van der Waals surface area contributed by atoms with E-state index in [9.17, 15) is 20.1 Å². The molecule has 5 atom stereocenters. The van der Waals surface area contributed by atoms with E-state index in [0.717, 1.165) is 0 Å². The summed E-state index contributed by atoms with van der Waals surface area (Å²) in [5, 5.41) is 28.5. The molecule has 0 radical (unpaired) electrons. The molecule has 0 bridgehead atoms. The number of rotatable bonds is 4. The van der Waals surface area contributed by atoms with Gasteiger partial charge in [-0.15, -0.1) is 0 Å². The van der Waals surface area contributed by atoms with E-state index in [2.05, 4.69) is 4.74 Å². The molecule has 1 aliphatic rings. The van der Waals surface area contributed by atoms with Gasteiger partial charge in [0.1, 0.15) is 31.0 Å². The van der Waals surface area contributed by atoms with Crippen LogP contribution in [0.15, 0.2) is 0 Å². The van der Waals surface area contributed by atoms with Crippen LogP contribution in [0.3, 0.4) is 0 Å². The first-order valence-electron chi connectivity index (χ1n) is 5.09. The molecule has 8 nitrogen and oxygen atoms in total. The van der Waals surface area contributed by atoms with Gasteiger partial charge in [-0.25, -0.2) is 4.79 Å². The highest BCUT2D eigenvalue weighted by atomic mass is 16.7. The second-order valence-corrected chi connectivity index (χ2v) is 3.64. The van der Waals surface area contributed by atoms with Crippen LogP contribution in [0.25, 0.3) is 0 Å². The van der Waals surface area contributed by atoms with E-state index in [1.165, 1.54) is 7.11 Å². The minimum atomic E-state index is -1.46. The van der Waals surface area contributed by atoms with Gasteiger partial charge in [-0.05, 0) is 0 Å². The van der Waals surface area contributed by atoms with Crippen molar-refractivity contribution < 1.29 is 34.3 Å². The van der Waals surface area contributed by atoms with Gasteiger partial charge in [0.2, 0.25) is 0 Å². The lowest BCUT2D eigenvalue weighted by Gasteiger charge is -2.39. The van der Waals surface area contributed by atoms with Crippen molar-refractivity contribution in [3.8, 4) is 0 Å². The van der Waals surface area contributed by atoms with Gasteiger partial charge in [-0.2, -0.15) is 0 Å². The molecule has 0 amide bonds. The Labute approximate surface area is 97.9 Å². The Bertz CT molecular complexity index is 260. The van der Waals surface area contributed by atoms with Gasteiger partial charge < -0.3 is 35.3 Å². The Hall–Kier alpha value is -0.770. The van der Waals surface area contributed by atoms with Crippen LogP contribution in [-0.4, -0.2) is 72.3 Å². The summed E-state index contributed by atoms with van der Waals surface area (Å²) in [6.07, 6.45) is -6.30. The highest BCUT2D eigenvalue weighted by molar-refractivity contribution is 5.70. The number of hydrogen-bond donors (Lipinski definition) is 4. The normalized spacial score (nSPS) is 37.8. The number of methoxy groups -OCH3 is 1. The van der Waals surface area contributed by atoms with Crippen molar-refractivity contribution in [3.63, 3.8) is 0 Å². The van der Waals surface area contributed by atoms with Gasteiger partial charge in [-0.3, -0.25) is 0 Å². The molecule has 0 aromatic rings. The molecule has 17 heavy (non-hydrogen) atoms. The standard InChI is InChI=1S/C9H17NO7/c1-15-5(11)3-16-9-8(14)7(13)6(12)4(2-10)17-9/h4,6-9,12-14H,2-3,10H2,1H3/t4-,6-,7+,8-,9+/m1/s1. The molecule has 100 valence electrons. The second kappa shape index (κ2) is 6.24. The van der Waals surface area contributed by atoms with Gasteiger partial charge in [0, 0.05) is 6.54 Å². The van der Waals surface area contributed by atoms with Crippen LogP contribution >= 0.6 is 0 Å². The molecule has 0 saturated carbocycles. The summed E-state index contributed by atoms with van der Waals surface area (Å²) in [7, 11) is 1.19. The Balaban J connectivity index is 2.56. The number of aliphatic hydroxyl groups excluding tert-OH is 3. The highest BCUT2D eigenvalue weighted by Gasteiger charge is 2.43. The van der Waals surface area contributed by atoms with Gasteiger partial charge in [0.15, 0.2) is 6.29 Å². The summed E-state index contributed by atoms with van der Waals surface area (Å²) in [4.78, 5) is 10.8. The number of esters is 1. The molecule has 0 aromatic carbocycles. The average molecular weight is 251 g/mol. The quantitative estimate of drug-likeness (QED) is 0.387. The third-order valence-electron chi connectivity index (χ3n) is 2.49. The van der Waals surface area contributed by atoms with Crippen molar-refractivity contribution in [2.75, 3.05) is 20.3 Å². The van der Waals surface area contributed by atoms with E-state index in [0.29, 0.717) is 0 Å². The zero-order chi connectivity index (χ0) is 13.0. The molecule has 1 aliphatic heterocycles. The minimum absolute atomic E-state index is 0.0525. The summed E-state index contributed by atoms with van der Waals surface area (Å²) in [5.74, 6) is -0.647. The van der Waals surface area contributed by atoms with Crippen LogP contribution in [0.1, 0.15) is 0 Å². The zero-order valence-corrected chi connectivity index (χ0v) is 9.35. The Morgan fingerprint density at radius 2 is 1.94 bits per heavy atom. The van der Waals surface area contributed by atoms with E-state index in [-0.39, 0.29) is 6.54 Å². The number of hydrogen-bond acceptors (Lipinski definition) is 8. The number of aliphatic hydroxyl groups is 3. The number of carbonyl (C=O) groups excluding carboxylic acids is 1. The predicted molar refractivity (Wildman–Crippen MR) is 53.7 cm³/mol. The van der Waals surface area contributed by atoms with Crippen molar-refractivity contribution in [1.82, 2.24) is 0 Å². The molecule has 0 spiro atoms. The summed E-state index contributed by atoms with van der Waals surface area (Å²) in [5.41, 5.74) is 5.32. The smallest absolute Gasteiger partial charge is 0.331 e. The Kier molecular flexibility index (Phi) is 5.25. The van der Waals surface area contributed by atoms with E-state index in [1.807, 2.05) is 0 Å². The maximum atomic E-state index is 10.8. The van der Waals surface area contributed by atoms with Crippen molar-refractivity contribution in [3.05, 3.63) is 0 Å². The average Bonchev–Trinajstić information content (AvgIpc) is 2.34. The Morgan fingerprint density at radius 1 is 1.29 bits per heavy atom. The van der Waals surface area contributed by atoms with Crippen molar-refractivity contribution in [2.24, 2.45) is 5.73 Å². The number of ether oxygens (including phenoxy) is 3. The monoisotopic (exact) mass is 251 g/mol. The first kappa shape index (κ1) is 14.3. The predicted octanol–water partition coefficient (Wildman–Crippen LogP) is -3.06. The van der Waals surface area contributed by atoms with Gasteiger partial charge in [-0.1, -0.05) is 0 Å². The molecule has 1 heterocycles. The number of carbonyl (C=O) groups is 1. The van der Waals surface area contributed by atoms with Gasteiger partial charge in [0.05, 0.1) is 7.11 Å². The Morgan fingerprint density at radius 3 is 2.47 bits per heavy atom. The lowest BCUT2D eigenvalue weighted by Crippen LogP contribution is -2.60. The minimum Gasteiger partial charge on any atom is -0.467 e. The molecule has 0 aliphatic carbocycles. The molecule has 1 rings (SSSR count). The van der Waals surface area contributed by atoms with Crippen LogP contribution in [0.2, 0.25) is 0 Å². The van der Waals surface area contributed by atoms with Crippen LogP contribution in [-0.2, 0) is 19.0 Å². The molecule has 8 heteroatoms. The van der Waals surface area contributed by atoms with E-state index < -0.39 is 43.3 Å². The molecule has 1 fully saturated rings. The maximum Gasteiger partial charge on any atom is 0.331 e. The summed E-state index contributed by atoms with van der Waals surface area (Å²) < 4.78 is 14.4. The molecule has 0 unspecified atom stereocenters. The third kappa shape index (κ3) is 3.35. The first-order chi connectivity index (χ1) is 8.01. The van der Waals surface area contributed by atoms with Gasteiger partial charge in [0.25, 0.3) is 0 Å². The van der Waals surface area contributed by atoms with Crippen LogP contribution < -0.4 is 5.73 Å². The zero-order valence-electron chi connectivity index (χ0n) is 9.35. The first-order valence-corrected chi connectivity index (χ1v) is 5.09. The summed E-state index contributed by atoms with van der Waals surface area (Å²) >= 11 is 0. The van der Waals surface area contributed by atoms with Crippen molar-refractivity contribution >= 4 is 5.97 Å². The second-order valence-electron chi connectivity index (χ2n) is 3.64. The van der Waals surface area contributed by atoms with Crippen molar-refractivity contribution in [2.45, 2.75) is 30.7 Å². The van der Waals surface area contributed by atoms with Gasteiger partial charge >= 0.3 is 5.97 Å². The van der Waals surface area contributed by atoms with E-state index in [4.69, 9.17) is 15.2 Å². The summed E-state index contributed by atoms with van der Waals surface area (Å²) in [6.45, 7) is -0.485. The largest absolute Gasteiger partial charge is 0.467 e. The molecule has 0 aromatic heterocycles. The lowest BCUT2D eigenvalue weighted by molar-refractivity contribution is -0.293. The third-order valence-corrected chi connectivity index (χ3v) is 2.49. The maximum absolute atomic E-state index is 10.8. The fourth-order valence-electron chi connectivity index (χ4n) is 1.46. The molecular weight excluding hydrogens is 234 g/mol. The van der Waals surface area contributed by atoms with Crippen LogP contribution in [0, 0.1) is 0 Å². The fraction of sp³-hybridized carbons (Fsp3) is 0.889.